The average Bonchev–Trinajstić information content (AvgIpc) is 2.76. The van der Waals surface area contributed by atoms with Crippen molar-refractivity contribution in [2.75, 3.05) is 0 Å². The molecule has 0 aliphatic heterocycles. The molecule has 1 heterocycles. The molecule has 0 N–H and O–H groups in total. The second kappa shape index (κ2) is 6.47. The van der Waals surface area contributed by atoms with Gasteiger partial charge >= 0.3 is 0 Å². The zero-order valence-electron chi connectivity index (χ0n) is 9.64. The van der Waals surface area contributed by atoms with Crippen molar-refractivity contribution >= 4 is 44.3 Å². The lowest BCUT2D eigenvalue weighted by molar-refractivity contribution is 0.0978. The number of hydrogen-bond acceptors (Lipinski definition) is 2. The highest BCUT2D eigenvalue weighted by atomic mass is 127. The highest BCUT2D eigenvalue weighted by Crippen LogP contribution is 2.13. The van der Waals surface area contributed by atoms with Crippen molar-refractivity contribution in [3.63, 3.8) is 0 Å². The summed E-state index contributed by atoms with van der Waals surface area (Å²) in [6.45, 7) is 0.783. The topological polar surface area (TPSA) is 34.9 Å². The molecule has 2 rings (SSSR count). The Balaban J connectivity index is 1.83. The van der Waals surface area contributed by atoms with E-state index in [0.717, 1.165) is 26.6 Å². The number of benzene rings is 1. The molecule has 0 fully saturated rings. The Morgan fingerprint density at radius 2 is 2.06 bits per heavy atom. The first-order valence-corrected chi connectivity index (χ1v) is 7.49. The highest BCUT2D eigenvalue weighted by Gasteiger charge is 2.05. The van der Waals surface area contributed by atoms with Crippen LogP contribution < -0.4 is 0 Å². The summed E-state index contributed by atoms with van der Waals surface area (Å²) in [5.74, 6) is 0.185. The molecule has 0 aliphatic rings. The molecule has 0 radical (unpaired) electrons. The number of halogens is 2. The van der Waals surface area contributed by atoms with Crippen LogP contribution in [0, 0.1) is 3.57 Å². The predicted molar refractivity (Wildman–Crippen MR) is 82.7 cm³/mol. The van der Waals surface area contributed by atoms with Crippen molar-refractivity contribution in [2.45, 2.75) is 19.4 Å². The Hall–Kier alpha value is -0.690. The Bertz CT molecular complexity index is 536. The molecule has 5 heteroatoms. The zero-order valence-corrected chi connectivity index (χ0v) is 13.4. The van der Waals surface area contributed by atoms with Crippen LogP contribution in [0.15, 0.2) is 41.1 Å². The third-order valence-corrected chi connectivity index (χ3v) is 3.64. The van der Waals surface area contributed by atoms with E-state index in [1.54, 1.807) is 0 Å². The fraction of sp³-hybridized carbons (Fsp3) is 0.231. The summed E-state index contributed by atoms with van der Waals surface area (Å²) in [6.07, 6.45) is 5.16. The van der Waals surface area contributed by atoms with Gasteiger partial charge in [-0.1, -0.05) is 28.1 Å². The van der Waals surface area contributed by atoms with Crippen molar-refractivity contribution in [3.05, 3.63) is 50.3 Å². The smallest absolute Gasteiger partial charge is 0.162 e. The van der Waals surface area contributed by atoms with Crippen molar-refractivity contribution < 1.29 is 4.79 Å². The third-order valence-electron chi connectivity index (χ3n) is 2.56. The average molecular weight is 419 g/mol. The second-order valence-corrected chi connectivity index (χ2v) is 6.12. The van der Waals surface area contributed by atoms with Crippen LogP contribution in [-0.2, 0) is 6.54 Å². The summed E-state index contributed by atoms with van der Waals surface area (Å²) in [5.41, 5.74) is 0.772. The van der Waals surface area contributed by atoms with E-state index in [9.17, 15) is 4.79 Å². The number of carbonyl (C=O) groups excluding carboxylic acids is 1. The van der Waals surface area contributed by atoms with Crippen LogP contribution in [0.3, 0.4) is 0 Å². The van der Waals surface area contributed by atoms with Crippen LogP contribution in [-0.4, -0.2) is 15.6 Å². The molecule has 1 aromatic carbocycles. The molecular formula is C13H12BrIN2O. The van der Waals surface area contributed by atoms with E-state index in [-0.39, 0.29) is 5.78 Å². The lowest BCUT2D eigenvalue weighted by Gasteiger charge is -2.02. The SMILES string of the molecule is O=C(CCCn1cc(I)cn1)c1ccc(Br)cc1. The first-order chi connectivity index (χ1) is 8.65. The van der Waals surface area contributed by atoms with Gasteiger partial charge in [0.15, 0.2) is 5.78 Å². The van der Waals surface area contributed by atoms with Crippen LogP contribution in [0.1, 0.15) is 23.2 Å². The maximum atomic E-state index is 11.9. The van der Waals surface area contributed by atoms with Gasteiger partial charge in [-0.3, -0.25) is 9.48 Å². The molecule has 0 spiro atoms. The van der Waals surface area contributed by atoms with E-state index in [2.05, 4.69) is 43.6 Å². The fourth-order valence-corrected chi connectivity index (χ4v) is 2.35. The maximum Gasteiger partial charge on any atom is 0.162 e. The van der Waals surface area contributed by atoms with Gasteiger partial charge in [0.2, 0.25) is 0 Å². The van der Waals surface area contributed by atoms with Gasteiger partial charge in [0.05, 0.1) is 9.77 Å². The molecule has 0 saturated carbocycles. The first kappa shape index (κ1) is 13.7. The summed E-state index contributed by atoms with van der Waals surface area (Å²) >= 11 is 5.58. The second-order valence-electron chi connectivity index (χ2n) is 3.96. The molecule has 0 saturated heterocycles. The molecule has 0 bridgehead atoms. The molecule has 94 valence electrons. The van der Waals surface area contributed by atoms with Crippen LogP contribution in [0.5, 0.6) is 0 Å². The Morgan fingerprint density at radius 3 is 2.67 bits per heavy atom. The van der Waals surface area contributed by atoms with Crippen LogP contribution in [0.25, 0.3) is 0 Å². The minimum atomic E-state index is 0.185. The zero-order chi connectivity index (χ0) is 13.0. The number of carbonyl (C=O) groups is 1. The predicted octanol–water partition coefficient (Wildman–Crippen LogP) is 3.91. The number of Topliss-reactive ketones (excluding diaryl/α,β-unsaturated/α-hetero) is 1. The number of rotatable bonds is 5. The molecule has 18 heavy (non-hydrogen) atoms. The summed E-state index contributed by atoms with van der Waals surface area (Å²) in [6, 6.07) is 7.48. The quantitative estimate of drug-likeness (QED) is 0.545. The van der Waals surface area contributed by atoms with Crippen LogP contribution >= 0.6 is 38.5 Å². The lowest BCUT2D eigenvalue weighted by atomic mass is 10.1. The van der Waals surface area contributed by atoms with E-state index in [0.29, 0.717) is 6.42 Å². The molecule has 0 aliphatic carbocycles. The summed E-state index contributed by atoms with van der Waals surface area (Å²) in [5, 5.41) is 4.19. The van der Waals surface area contributed by atoms with Gasteiger partial charge in [-0.2, -0.15) is 5.10 Å². The van der Waals surface area contributed by atoms with Crippen LogP contribution in [0.4, 0.5) is 0 Å². The summed E-state index contributed by atoms with van der Waals surface area (Å²) < 4.78 is 3.98. The molecule has 3 nitrogen and oxygen atoms in total. The highest BCUT2D eigenvalue weighted by molar-refractivity contribution is 14.1. The van der Waals surface area contributed by atoms with Crippen molar-refractivity contribution in [3.8, 4) is 0 Å². The number of ketones is 1. The van der Waals surface area contributed by atoms with Gasteiger partial charge < -0.3 is 0 Å². The molecule has 0 amide bonds. The Labute approximate surface area is 128 Å². The minimum absolute atomic E-state index is 0.185. The molecular weight excluding hydrogens is 407 g/mol. The van der Waals surface area contributed by atoms with Gasteiger partial charge in [0.25, 0.3) is 0 Å². The van der Waals surface area contributed by atoms with E-state index in [4.69, 9.17) is 0 Å². The molecule has 2 aromatic rings. The minimum Gasteiger partial charge on any atom is -0.294 e. The van der Waals surface area contributed by atoms with Gasteiger partial charge in [0.1, 0.15) is 0 Å². The number of hydrogen-bond donors (Lipinski definition) is 0. The monoisotopic (exact) mass is 418 g/mol. The lowest BCUT2D eigenvalue weighted by Crippen LogP contribution is -2.03. The van der Waals surface area contributed by atoms with Gasteiger partial charge in [0, 0.05) is 29.2 Å². The molecule has 0 unspecified atom stereocenters. The normalized spacial score (nSPS) is 10.6. The molecule has 1 aromatic heterocycles. The van der Waals surface area contributed by atoms with Crippen molar-refractivity contribution in [1.29, 1.82) is 0 Å². The van der Waals surface area contributed by atoms with E-state index < -0.39 is 0 Å². The van der Waals surface area contributed by atoms with Crippen molar-refractivity contribution in [2.24, 2.45) is 0 Å². The van der Waals surface area contributed by atoms with E-state index >= 15 is 0 Å². The van der Waals surface area contributed by atoms with Gasteiger partial charge in [-0.05, 0) is 41.1 Å². The Kier molecular flexibility index (Phi) is 4.94. The van der Waals surface area contributed by atoms with E-state index in [1.165, 1.54) is 0 Å². The van der Waals surface area contributed by atoms with Gasteiger partial charge in [-0.15, -0.1) is 0 Å². The number of nitrogens with zero attached hydrogens (tertiary/aromatic N) is 2. The fourth-order valence-electron chi connectivity index (χ4n) is 1.64. The van der Waals surface area contributed by atoms with Gasteiger partial charge in [-0.25, -0.2) is 0 Å². The standard InChI is InChI=1S/C13H12BrIN2O/c14-11-5-3-10(4-6-11)13(18)2-1-7-17-9-12(15)8-16-17/h3-6,8-9H,1-2,7H2. The first-order valence-electron chi connectivity index (χ1n) is 5.62. The number of aromatic nitrogens is 2. The van der Waals surface area contributed by atoms with E-state index in [1.807, 2.05) is 41.3 Å². The maximum absolute atomic E-state index is 11.9. The van der Waals surface area contributed by atoms with Crippen molar-refractivity contribution in [1.82, 2.24) is 9.78 Å². The Morgan fingerprint density at radius 1 is 1.33 bits per heavy atom. The largest absolute Gasteiger partial charge is 0.294 e. The van der Waals surface area contributed by atoms with Crippen LogP contribution in [0.2, 0.25) is 0 Å². The molecule has 0 atom stereocenters. The summed E-state index contributed by atoms with van der Waals surface area (Å²) in [7, 11) is 0. The third kappa shape index (κ3) is 3.91. The number of aryl methyl sites for hydroxylation is 1. The summed E-state index contributed by atoms with van der Waals surface area (Å²) in [4.78, 5) is 11.9.